The molecule has 0 atom stereocenters. The minimum Gasteiger partial charge on any atom is -0.465 e. The van der Waals surface area contributed by atoms with Gasteiger partial charge in [0.1, 0.15) is 15.5 Å². The second kappa shape index (κ2) is 9.80. The van der Waals surface area contributed by atoms with Crippen molar-refractivity contribution in [3.63, 3.8) is 0 Å². The summed E-state index contributed by atoms with van der Waals surface area (Å²) < 4.78 is 18.6. The molecule has 6 nitrogen and oxygen atoms in total. The Bertz CT molecular complexity index is 1140. The molecule has 0 saturated carbocycles. The highest BCUT2D eigenvalue weighted by Crippen LogP contribution is 2.35. The summed E-state index contributed by atoms with van der Waals surface area (Å²) in [4.78, 5) is 32.5. The Balaban J connectivity index is 1.91. The molecule has 0 bridgehead atoms. The van der Waals surface area contributed by atoms with E-state index >= 15 is 0 Å². The molecule has 0 unspecified atom stereocenters. The first-order chi connectivity index (χ1) is 14.8. The number of benzene rings is 1. The number of anilines is 1. The van der Waals surface area contributed by atoms with E-state index in [1.807, 2.05) is 19.2 Å². The van der Waals surface area contributed by atoms with Crippen molar-refractivity contribution in [2.75, 3.05) is 19.5 Å². The molecule has 31 heavy (non-hydrogen) atoms. The maximum Gasteiger partial charge on any atom is 0.350 e. The average Bonchev–Trinajstić information content (AvgIpc) is 3.10. The third kappa shape index (κ3) is 5.34. The first-order valence-corrected chi connectivity index (χ1v) is 10.6. The molecular weight excluding hydrogens is 417 g/mol. The minimum absolute atomic E-state index is 0.256. The maximum absolute atomic E-state index is 13.8. The molecule has 1 N–H and O–H groups in total. The summed E-state index contributed by atoms with van der Waals surface area (Å²) in [6, 6.07) is 10.2. The Kier molecular flexibility index (Phi) is 7.14. The largest absolute Gasteiger partial charge is 0.465 e. The Hall–Kier alpha value is -3.10. The fourth-order valence-corrected chi connectivity index (χ4v) is 3.91. The molecule has 2 aromatic heterocycles. The molecule has 0 spiro atoms. The van der Waals surface area contributed by atoms with Crippen molar-refractivity contribution in [1.82, 2.24) is 9.88 Å². The normalized spacial score (nSPS) is 11.6. The number of carbonyl (C=O) groups is 2. The first-order valence-electron chi connectivity index (χ1n) is 9.74. The summed E-state index contributed by atoms with van der Waals surface area (Å²) in [7, 11) is 3.30. The number of fused-ring (bicyclic) bond motifs is 1. The van der Waals surface area contributed by atoms with Crippen LogP contribution in [0, 0.1) is 5.82 Å². The molecule has 162 valence electrons. The number of hydrogen-bond donors (Lipinski definition) is 1. The number of aromatic nitrogens is 1. The van der Waals surface area contributed by atoms with Gasteiger partial charge in [0.15, 0.2) is 0 Å². The van der Waals surface area contributed by atoms with Crippen molar-refractivity contribution in [2.24, 2.45) is 0 Å². The number of carbonyl (C=O) groups excluding carboxylic acids is 2. The Morgan fingerprint density at radius 3 is 2.68 bits per heavy atom. The number of nitrogens with zero attached hydrogens (tertiary/aromatic N) is 2. The highest BCUT2D eigenvalue weighted by Gasteiger charge is 2.21. The number of thiophene rings is 1. The lowest BCUT2D eigenvalue weighted by molar-refractivity contribution is -0.111. The molecule has 0 aliphatic rings. The number of methoxy groups -OCH3 is 1. The van der Waals surface area contributed by atoms with Gasteiger partial charge in [0, 0.05) is 29.6 Å². The number of nitrogens with one attached hydrogen (secondary N) is 1. The summed E-state index contributed by atoms with van der Waals surface area (Å²) in [6.07, 6.45) is 2.61. The van der Waals surface area contributed by atoms with Crippen LogP contribution in [0.1, 0.15) is 34.8 Å². The van der Waals surface area contributed by atoms with Crippen molar-refractivity contribution in [3.8, 4) is 0 Å². The van der Waals surface area contributed by atoms with Crippen LogP contribution in [-0.2, 0) is 16.1 Å². The SMILES string of the molecule is COC(=O)c1sc2nc(CN(C)C(C)C)ccc2c1NC(=O)/C=C/c1ccccc1F. The van der Waals surface area contributed by atoms with Crippen LogP contribution in [0.2, 0.25) is 0 Å². The van der Waals surface area contributed by atoms with E-state index in [0.717, 1.165) is 17.0 Å². The van der Waals surface area contributed by atoms with E-state index in [1.165, 1.54) is 25.3 Å². The lowest BCUT2D eigenvalue weighted by Gasteiger charge is -2.20. The quantitative estimate of drug-likeness (QED) is 0.425. The topological polar surface area (TPSA) is 71.5 Å². The number of rotatable bonds is 7. The number of halogens is 1. The maximum atomic E-state index is 13.8. The Morgan fingerprint density at radius 1 is 1.26 bits per heavy atom. The van der Waals surface area contributed by atoms with Gasteiger partial charge in [0.2, 0.25) is 5.91 Å². The molecule has 8 heteroatoms. The summed E-state index contributed by atoms with van der Waals surface area (Å²) in [5.74, 6) is -1.47. The fraction of sp³-hybridized carbons (Fsp3) is 0.261. The van der Waals surface area contributed by atoms with Crippen LogP contribution in [0.5, 0.6) is 0 Å². The van der Waals surface area contributed by atoms with Crippen molar-refractivity contribution < 1.29 is 18.7 Å². The van der Waals surface area contributed by atoms with Crippen molar-refractivity contribution in [2.45, 2.75) is 26.4 Å². The van der Waals surface area contributed by atoms with Crippen molar-refractivity contribution in [1.29, 1.82) is 0 Å². The number of esters is 1. The number of amides is 1. The van der Waals surface area contributed by atoms with Gasteiger partial charge >= 0.3 is 5.97 Å². The van der Waals surface area contributed by atoms with E-state index in [9.17, 15) is 14.0 Å². The molecular formula is C23H24FN3O3S. The molecule has 3 aromatic rings. The first kappa shape index (κ1) is 22.6. The van der Waals surface area contributed by atoms with Crippen LogP contribution in [0.25, 0.3) is 16.3 Å². The van der Waals surface area contributed by atoms with Gasteiger partial charge in [-0.25, -0.2) is 14.2 Å². The lowest BCUT2D eigenvalue weighted by atomic mass is 10.2. The summed E-state index contributed by atoms with van der Waals surface area (Å²) in [6.45, 7) is 4.86. The van der Waals surface area contributed by atoms with Gasteiger partial charge in [-0.05, 0) is 45.2 Å². The van der Waals surface area contributed by atoms with Gasteiger partial charge in [0.05, 0.1) is 18.5 Å². The lowest BCUT2D eigenvalue weighted by Crippen LogP contribution is -2.25. The van der Waals surface area contributed by atoms with Crippen LogP contribution >= 0.6 is 11.3 Å². The fourth-order valence-electron chi connectivity index (χ4n) is 2.84. The third-order valence-electron chi connectivity index (χ3n) is 4.84. The summed E-state index contributed by atoms with van der Waals surface area (Å²) in [5, 5.41) is 3.38. The van der Waals surface area contributed by atoms with Gasteiger partial charge < -0.3 is 10.1 Å². The van der Waals surface area contributed by atoms with Crippen molar-refractivity contribution in [3.05, 3.63) is 64.4 Å². The monoisotopic (exact) mass is 441 g/mol. The van der Waals surface area contributed by atoms with Crippen LogP contribution < -0.4 is 5.32 Å². The van der Waals surface area contributed by atoms with Gasteiger partial charge in [0.25, 0.3) is 0 Å². The zero-order valence-electron chi connectivity index (χ0n) is 17.8. The molecule has 2 heterocycles. The molecule has 0 fully saturated rings. The molecule has 1 aromatic carbocycles. The predicted octanol–water partition coefficient (Wildman–Crippen LogP) is 4.71. The number of hydrogen-bond acceptors (Lipinski definition) is 6. The standard InChI is InChI=1S/C23H24FN3O3S/c1-14(2)27(3)13-16-10-11-17-20(21(23(29)30-4)31-22(17)25-16)26-19(28)12-9-15-7-5-6-8-18(15)24/h5-12,14H,13H2,1-4H3,(H,26,28)/b12-9+. The molecule has 0 aliphatic heterocycles. The summed E-state index contributed by atoms with van der Waals surface area (Å²) >= 11 is 1.16. The zero-order valence-corrected chi connectivity index (χ0v) is 18.6. The second-order valence-electron chi connectivity index (χ2n) is 7.31. The van der Waals surface area contributed by atoms with E-state index in [4.69, 9.17) is 4.74 Å². The van der Waals surface area contributed by atoms with Gasteiger partial charge in [-0.15, -0.1) is 11.3 Å². The zero-order chi connectivity index (χ0) is 22.5. The van der Waals surface area contributed by atoms with E-state index in [-0.39, 0.29) is 4.88 Å². The van der Waals surface area contributed by atoms with Crippen LogP contribution in [-0.4, -0.2) is 42.0 Å². The van der Waals surface area contributed by atoms with Crippen LogP contribution in [0.15, 0.2) is 42.5 Å². The highest BCUT2D eigenvalue weighted by molar-refractivity contribution is 7.21. The second-order valence-corrected chi connectivity index (χ2v) is 8.31. The van der Waals surface area contributed by atoms with Gasteiger partial charge in [-0.2, -0.15) is 0 Å². The molecule has 0 saturated heterocycles. The van der Waals surface area contributed by atoms with Crippen LogP contribution in [0.4, 0.5) is 10.1 Å². The van der Waals surface area contributed by atoms with Gasteiger partial charge in [-0.1, -0.05) is 18.2 Å². The van der Waals surface area contributed by atoms with Crippen LogP contribution in [0.3, 0.4) is 0 Å². The minimum atomic E-state index is -0.558. The molecule has 1 amide bonds. The van der Waals surface area contributed by atoms with E-state index in [2.05, 4.69) is 29.0 Å². The van der Waals surface area contributed by atoms with Crippen molar-refractivity contribution >= 4 is 45.2 Å². The third-order valence-corrected chi connectivity index (χ3v) is 5.92. The highest BCUT2D eigenvalue weighted by atomic mass is 32.1. The van der Waals surface area contributed by atoms with E-state index in [1.54, 1.807) is 18.2 Å². The molecule has 0 radical (unpaired) electrons. The number of pyridine rings is 1. The molecule has 3 rings (SSSR count). The van der Waals surface area contributed by atoms with E-state index in [0.29, 0.717) is 34.1 Å². The van der Waals surface area contributed by atoms with E-state index < -0.39 is 17.7 Å². The van der Waals surface area contributed by atoms with Gasteiger partial charge in [-0.3, -0.25) is 9.69 Å². The number of ether oxygens (including phenoxy) is 1. The Labute approximate surface area is 184 Å². The molecule has 0 aliphatic carbocycles. The summed E-state index contributed by atoms with van der Waals surface area (Å²) in [5.41, 5.74) is 1.49. The smallest absolute Gasteiger partial charge is 0.350 e. The Morgan fingerprint density at radius 2 is 2.00 bits per heavy atom. The predicted molar refractivity (Wildman–Crippen MR) is 122 cm³/mol. The average molecular weight is 442 g/mol.